The van der Waals surface area contributed by atoms with E-state index < -0.39 is 17.5 Å². The lowest BCUT2D eigenvalue weighted by molar-refractivity contribution is -0.174. The SMILES string of the molecule is O=C(COc1ccc(Cl)c(F)c1)CC12CC(NC(=O)C(=O)Cc3ccc(Cl)cc3)(C1)C2. The monoisotopic (exact) mass is 463 g/mol. The summed E-state index contributed by atoms with van der Waals surface area (Å²) in [5.74, 6) is -1.54. The molecule has 0 aliphatic heterocycles. The zero-order valence-electron chi connectivity index (χ0n) is 16.6. The highest BCUT2D eigenvalue weighted by molar-refractivity contribution is 6.37. The van der Waals surface area contributed by atoms with Gasteiger partial charge in [-0.1, -0.05) is 35.3 Å². The van der Waals surface area contributed by atoms with Crippen molar-refractivity contribution in [2.75, 3.05) is 6.61 Å². The molecule has 3 aliphatic carbocycles. The third-order valence-electron chi connectivity index (χ3n) is 5.91. The fraction of sp³-hybridized carbons (Fsp3) is 0.348. The van der Waals surface area contributed by atoms with E-state index in [9.17, 15) is 18.8 Å². The molecule has 5 nitrogen and oxygen atoms in total. The van der Waals surface area contributed by atoms with Crippen molar-refractivity contribution in [3.63, 3.8) is 0 Å². The number of nitrogens with one attached hydrogen (secondary N) is 1. The van der Waals surface area contributed by atoms with Gasteiger partial charge in [0.05, 0.1) is 5.02 Å². The molecular weight excluding hydrogens is 444 g/mol. The molecule has 162 valence electrons. The molecule has 0 heterocycles. The number of carbonyl (C=O) groups is 3. The third-order valence-corrected chi connectivity index (χ3v) is 6.47. The van der Waals surface area contributed by atoms with Gasteiger partial charge in [0.25, 0.3) is 5.91 Å². The van der Waals surface area contributed by atoms with Crippen molar-refractivity contribution in [2.24, 2.45) is 5.41 Å². The molecule has 0 unspecified atom stereocenters. The predicted molar refractivity (Wildman–Crippen MR) is 114 cm³/mol. The molecule has 3 aliphatic rings. The molecule has 0 saturated heterocycles. The summed E-state index contributed by atoms with van der Waals surface area (Å²) in [4.78, 5) is 36.7. The Hall–Kier alpha value is -2.44. The van der Waals surface area contributed by atoms with Gasteiger partial charge >= 0.3 is 0 Å². The number of halogens is 3. The molecule has 0 aromatic heterocycles. The highest BCUT2D eigenvalue weighted by Crippen LogP contribution is 2.69. The topological polar surface area (TPSA) is 72.5 Å². The van der Waals surface area contributed by atoms with Crippen LogP contribution in [0.25, 0.3) is 0 Å². The number of carbonyl (C=O) groups excluding carboxylic acids is 3. The fourth-order valence-corrected chi connectivity index (χ4v) is 4.94. The van der Waals surface area contributed by atoms with Crippen LogP contribution in [0.3, 0.4) is 0 Å². The fourth-order valence-electron chi connectivity index (χ4n) is 4.70. The second-order valence-electron chi connectivity index (χ2n) is 8.57. The smallest absolute Gasteiger partial charge is 0.288 e. The van der Waals surface area contributed by atoms with E-state index in [0.717, 1.165) is 11.6 Å². The van der Waals surface area contributed by atoms with E-state index in [2.05, 4.69) is 5.32 Å². The standard InChI is InChI=1S/C23H20Cl2FNO4/c24-15-3-1-14(2-4-15)7-20(29)21(30)27-23-11-22(12-23,13-23)9-16(28)10-31-17-5-6-18(25)19(26)8-17/h1-6,8H,7,9-13H2,(H,27,30). The van der Waals surface area contributed by atoms with Crippen LogP contribution in [0, 0.1) is 11.2 Å². The highest BCUT2D eigenvalue weighted by atomic mass is 35.5. The average Bonchev–Trinajstić information content (AvgIpc) is 2.68. The van der Waals surface area contributed by atoms with Crippen LogP contribution in [0.15, 0.2) is 42.5 Å². The van der Waals surface area contributed by atoms with Gasteiger partial charge in [-0.2, -0.15) is 0 Å². The number of rotatable bonds is 9. The summed E-state index contributed by atoms with van der Waals surface area (Å²) in [6.07, 6.45) is 2.36. The van der Waals surface area contributed by atoms with E-state index >= 15 is 0 Å². The summed E-state index contributed by atoms with van der Waals surface area (Å²) < 4.78 is 18.8. The predicted octanol–water partition coefficient (Wildman–Crippen LogP) is 4.32. The lowest BCUT2D eigenvalue weighted by Crippen LogP contribution is -2.75. The van der Waals surface area contributed by atoms with Crippen LogP contribution in [0.2, 0.25) is 10.0 Å². The number of ether oxygens (including phenoxy) is 1. The maximum Gasteiger partial charge on any atom is 0.288 e. The second-order valence-corrected chi connectivity index (χ2v) is 9.41. The molecule has 3 saturated carbocycles. The molecule has 8 heteroatoms. The molecule has 5 rings (SSSR count). The zero-order chi connectivity index (χ0) is 22.2. The first-order valence-electron chi connectivity index (χ1n) is 9.87. The van der Waals surface area contributed by atoms with Crippen LogP contribution in [0.5, 0.6) is 5.75 Å². The number of benzene rings is 2. The molecule has 31 heavy (non-hydrogen) atoms. The van der Waals surface area contributed by atoms with Gasteiger partial charge in [-0.15, -0.1) is 0 Å². The molecule has 2 bridgehead atoms. The van der Waals surface area contributed by atoms with Crippen molar-refractivity contribution in [1.82, 2.24) is 5.32 Å². The van der Waals surface area contributed by atoms with Gasteiger partial charge in [0.2, 0.25) is 5.78 Å². The Bertz CT molecular complexity index is 1030. The summed E-state index contributed by atoms with van der Waals surface area (Å²) >= 11 is 11.4. The quantitative estimate of drug-likeness (QED) is 0.562. The summed E-state index contributed by atoms with van der Waals surface area (Å²) in [6.45, 7) is -0.151. The van der Waals surface area contributed by atoms with Crippen molar-refractivity contribution >= 4 is 40.7 Å². The van der Waals surface area contributed by atoms with Gasteiger partial charge in [-0.05, 0) is 54.5 Å². The van der Waals surface area contributed by atoms with Crippen LogP contribution >= 0.6 is 23.2 Å². The van der Waals surface area contributed by atoms with E-state index in [-0.39, 0.29) is 40.5 Å². The Morgan fingerprint density at radius 1 is 1.03 bits per heavy atom. The van der Waals surface area contributed by atoms with E-state index in [1.807, 2.05) is 0 Å². The summed E-state index contributed by atoms with van der Waals surface area (Å²) in [7, 11) is 0. The maximum absolute atomic E-state index is 13.4. The lowest BCUT2D eigenvalue weighted by atomic mass is 9.38. The largest absolute Gasteiger partial charge is 0.486 e. The molecule has 1 amide bonds. The summed E-state index contributed by atoms with van der Waals surface area (Å²) in [6, 6.07) is 10.8. The van der Waals surface area contributed by atoms with E-state index in [1.165, 1.54) is 12.1 Å². The minimum absolute atomic E-state index is 0.00784. The van der Waals surface area contributed by atoms with Crippen LogP contribution in [0.4, 0.5) is 4.39 Å². The van der Waals surface area contributed by atoms with Crippen molar-refractivity contribution in [1.29, 1.82) is 0 Å². The zero-order valence-corrected chi connectivity index (χ0v) is 18.1. The Morgan fingerprint density at radius 2 is 1.71 bits per heavy atom. The number of Topliss-reactive ketones (excluding diaryl/α,β-unsaturated/α-hetero) is 2. The molecule has 2 aromatic rings. The Kier molecular flexibility index (Phi) is 5.79. The van der Waals surface area contributed by atoms with Gasteiger partial charge in [-0.25, -0.2) is 4.39 Å². The average molecular weight is 464 g/mol. The number of amides is 1. The van der Waals surface area contributed by atoms with Crippen LogP contribution < -0.4 is 10.1 Å². The van der Waals surface area contributed by atoms with Crippen molar-refractivity contribution in [3.8, 4) is 5.75 Å². The Morgan fingerprint density at radius 3 is 2.35 bits per heavy atom. The normalized spacial score (nSPS) is 23.3. The highest BCUT2D eigenvalue weighted by Gasteiger charge is 2.68. The molecule has 0 radical (unpaired) electrons. The first-order valence-corrected chi connectivity index (χ1v) is 10.6. The van der Waals surface area contributed by atoms with E-state index in [1.54, 1.807) is 24.3 Å². The minimum atomic E-state index is -0.602. The van der Waals surface area contributed by atoms with Crippen molar-refractivity contribution < 1.29 is 23.5 Å². The molecule has 0 spiro atoms. The van der Waals surface area contributed by atoms with E-state index in [0.29, 0.717) is 30.7 Å². The Labute approximate surface area is 188 Å². The summed E-state index contributed by atoms with van der Waals surface area (Å²) in [5.41, 5.74) is 0.204. The third kappa shape index (κ3) is 4.75. The maximum atomic E-state index is 13.4. The first kappa shape index (κ1) is 21.8. The first-order chi connectivity index (χ1) is 14.7. The molecule has 2 aromatic carbocycles. The second kappa shape index (κ2) is 8.24. The van der Waals surface area contributed by atoms with Crippen LogP contribution in [-0.4, -0.2) is 29.6 Å². The molecular formula is C23H20Cl2FNO4. The number of hydrogen-bond acceptors (Lipinski definition) is 4. The molecule has 0 atom stereocenters. The minimum Gasteiger partial charge on any atom is -0.486 e. The lowest BCUT2D eigenvalue weighted by Gasteiger charge is -2.70. The van der Waals surface area contributed by atoms with E-state index in [4.69, 9.17) is 27.9 Å². The van der Waals surface area contributed by atoms with Gasteiger partial charge in [0, 0.05) is 29.5 Å². The molecule has 3 fully saturated rings. The van der Waals surface area contributed by atoms with Crippen LogP contribution in [-0.2, 0) is 20.8 Å². The molecule has 1 N–H and O–H groups in total. The van der Waals surface area contributed by atoms with Gasteiger partial charge in [0.1, 0.15) is 18.2 Å². The van der Waals surface area contributed by atoms with Gasteiger partial charge in [-0.3, -0.25) is 14.4 Å². The van der Waals surface area contributed by atoms with Crippen LogP contribution in [0.1, 0.15) is 31.2 Å². The Balaban J connectivity index is 1.20. The van der Waals surface area contributed by atoms with Gasteiger partial charge in [0.15, 0.2) is 5.78 Å². The summed E-state index contributed by atoms with van der Waals surface area (Å²) in [5, 5.41) is 3.41. The van der Waals surface area contributed by atoms with Crippen molar-refractivity contribution in [3.05, 3.63) is 63.9 Å². The number of ketones is 2. The number of hydrogen-bond donors (Lipinski definition) is 1. The van der Waals surface area contributed by atoms with Gasteiger partial charge < -0.3 is 10.1 Å². The van der Waals surface area contributed by atoms with Crippen molar-refractivity contribution in [2.45, 2.75) is 37.6 Å².